The molecule has 1 atom stereocenters. The van der Waals surface area contributed by atoms with E-state index in [1.807, 2.05) is 24.3 Å². The Balaban J connectivity index is 1.99. The molecule has 0 saturated heterocycles. The highest BCUT2D eigenvalue weighted by atomic mass is 79.9. The number of ether oxygens (including phenoxy) is 2. The van der Waals surface area contributed by atoms with Crippen LogP contribution in [0.2, 0.25) is 0 Å². The number of hydrogen-bond acceptors (Lipinski definition) is 3. The molecular formula is C17H17BrO3. The lowest BCUT2D eigenvalue weighted by molar-refractivity contribution is -0.140. The zero-order chi connectivity index (χ0) is 15.2. The molecule has 0 aliphatic carbocycles. The normalized spacial score (nSPS) is 11.8. The van der Waals surface area contributed by atoms with Crippen molar-refractivity contribution in [3.8, 4) is 16.9 Å². The van der Waals surface area contributed by atoms with Crippen LogP contribution in [0.15, 0.2) is 48.5 Å². The van der Waals surface area contributed by atoms with E-state index in [4.69, 9.17) is 4.74 Å². The third kappa shape index (κ3) is 4.33. The molecule has 0 amide bonds. The van der Waals surface area contributed by atoms with Crippen molar-refractivity contribution in [1.82, 2.24) is 0 Å². The zero-order valence-corrected chi connectivity index (χ0v) is 13.6. The van der Waals surface area contributed by atoms with E-state index in [0.717, 1.165) is 11.3 Å². The first-order valence-electron chi connectivity index (χ1n) is 6.62. The molecule has 2 aromatic carbocycles. The van der Waals surface area contributed by atoms with E-state index in [-0.39, 0.29) is 12.6 Å². The van der Waals surface area contributed by atoms with Gasteiger partial charge in [0.1, 0.15) is 17.2 Å². The Morgan fingerprint density at radius 3 is 2.10 bits per heavy atom. The minimum atomic E-state index is -0.459. The van der Waals surface area contributed by atoms with Crippen molar-refractivity contribution in [2.45, 2.75) is 11.8 Å². The molecule has 1 unspecified atom stereocenters. The molecule has 0 bridgehead atoms. The minimum Gasteiger partial charge on any atom is -0.492 e. The Hall–Kier alpha value is -1.81. The smallest absolute Gasteiger partial charge is 0.322 e. The summed E-state index contributed by atoms with van der Waals surface area (Å²) in [5.41, 5.74) is 3.54. The van der Waals surface area contributed by atoms with Gasteiger partial charge < -0.3 is 9.47 Å². The van der Waals surface area contributed by atoms with E-state index in [0.29, 0.717) is 0 Å². The summed E-state index contributed by atoms with van der Waals surface area (Å²) in [5, 5.41) is 0. The van der Waals surface area contributed by atoms with Crippen molar-refractivity contribution >= 4 is 21.9 Å². The Morgan fingerprint density at radius 2 is 1.57 bits per heavy atom. The van der Waals surface area contributed by atoms with Gasteiger partial charge in [0.05, 0.1) is 7.11 Å². The number of aryl methyl sites for hydroxylation is 1. The molecule has 0 spiro atoms. The lowest BCUT2D eigenvalue weighted by atomic mass is 10.0. The third-order valence-corrected chi connectivity index (χ3v) is 3.73. The first kappa shape index (κ1) is 15.6. The molecular weight excluding hydrogens is 332 g/mol. The quantitative estimate of drug-likeness (QED) is 0.605. The highest BCUT2D eigenvalue weighted by Gasteiger charge is 2.15. The van der Waals surface area contributed by atoms with E-state index < -0.39 is 4.83 Å². The number of carbonyl (C=O) groups excluding carboxylic acids is 1. The largest absolute Gasteiger partial charge is 0.492 e. The second-order valence-electron chi connectivity index (χ2n) is 4.69. The molecule has 0 radical (unpaired) electrons. The highest BCUT2D eigenvalue weighted by Crippen LogP contribution is 2.23. The van der Waals surface area contributed by atoms with Crippen molar-refractivity contribution in [2.24, 2.45) is 0 Å². The van der Waals surface area contributed by atoms with Crippen LogP contribution in [0.25, 0.3) is 11.1 Å². The van der Waals surface area contributed by atoms with Crippen LogP contribution < -0.4 is 4.74 Å². The topological polar surface area (TPSA) is 35.5 Å². The van der Waals surface area contributed by atoms with E-state index >= 15 is 0 Å². The summed E-state index contributed by atoms with van der Waals surface area (Å²) in [5.74, 6) is 0.380. The molecule has 4 heteroatoms. The van der Waals surface area contributed by atoms with Crippen LogP contribution in [0.3, 0.4) is 0 Å². The van der Waals surface area contributed by atoms with Gasteiger partial charge in [0, 0.05) is 0 Å². The summed E-state index contributed by atoms with van der Waals surface area (Å²) in [7, 11) is 1.35. The summed E-state index contributed by atoms with van der Waals surface area (Å²) in [6, 6.07) is 16.2. The van der Waals surface area contributed by atoms with E-state index in [1.54, 1.807) is 0 Å². The predicted molar refractivity (Wildman–Crippen MR) is 86.8 cm³/mol. The van der Waals surface area contributed by atoms with Gasteiger partial charge in [0.15, 0.2) is 0 Å². The number of alkyl halides is 1. The predicted octanol–water partition coefficient (Wildman–Crippen LogP) is 3.98. The zero-order valence-electron chi connectivity index (χ0n) is 12.0. The number of carbonyl (C=O) groups is 1. The summed E-state index contributed by atoms with van der Waals surface area (Å²) in [4.78, 5) is 10.8. The molecule has 0 aliphatic heterocycles. The van der Waals surface area contributed by atoms with Gasteiger partial charge in [-0.15, -0.1) is 0 Å². The Labute approximate surface area is 133 Å². The molecule has 110 valence electrons. The highest BCUT2D eigenvalue weighted by molar-refractivity contribution is 9.10. The monoisotopic (exact) mass is 348 g/mol. The van der Waals surface area contributed by atoms with Crippen LogP contribution >= 0.6 is 15.9 Å². The van der Waals surface area contributed by atoms with Gasteiger partial charge in [-0.3, -0.25) is 4.79 Å². The van der Waals surface area contributed by atoms with Gasteiger partial charge in [-0.05, 0) is 30.2 Å². The Morgan fingerprint density at radius 1 is 1.05 bits per heavy atom. The van der Waals surface area contributed by atoms with Crippen molar-refractivity contribution in [3.63, 3.8) is 0 Å². The van der Waals surface area contributed by atoms with E-state index in [1.165, 1.54) is 18.2 Å². The van der Waals surface area contributed by atoms with Gasteiger partial charge in [0.2, 0.25) is 0 Å². The van der Waals surface area contributed by atoms with Gasteiger partial charge in [-0.2, -0.15) is 0 Å². The van der Waals surface area contributed by atoms with Crippen LogP contribution in [0.4, 0.5) is 0 Å². The second-order valence-corrected chi connectivity index (χ2v) is 5.80. The van der Waals surface area contributed by atoms with Crippen LogP contribution in [0.1, 0.15) is 5.56 Å². The fourth-order valence-corrected chi connectivity index (χ4v) is 2.17. The van der Waals surface area contributed by atoms with Crippen LogP contribution in [0.5, 0.6) is 5.75 Å². The molecule has 3 nitrogen and oxygen atoms in total. The number of rotatable bonds is 5. The molecule has 0 saturated carbocycles. The lowest BCUT2D eigenvalue weighted by Crippen LogP contribution is -2.22. The summed E-state index contributed by atoms with van der Waals surface area (Å²) < 4.78 is 10.2. The van der Waals surface area contributed by atoms with Crippen LogP contribution in [-0.2, 0) is 9.53 Å². The maximum atomic E-state index is 11.3. The summed E-state index contributed by atoms with van der Waals surface area (Å²) >= 11 is 3.22. The number of esters is 1. The SMILES string of the molecule is COC(=O)C(Br)COc1ccc(-c2ccc(C)cc2)cc1. The number of hydrogen-bond donors (Lipinski definition) is 0. The fraction of sp³-hybridized carbons (Fsp3) is 0.235. The van der Waals surface area contributed by atoms with Gasteiger partial charge in [-0.25, -0.2) is 0 Å². The number of halogens is 1. The average Bonchev–Trinajstić information content (AvgIpc) is 2.53. The summed E-state index contributed by atoms with van der Waals surface area (Å²) in [6.45, 7) is 2.30. The van der Waals surface area contributed by atoms with Crippen molar-refractivity contribution in [1.29, 1.82) is 0 Å². The molecule has 0 aromatic heterocycles. The Kier molecular flexibility index (Phi) is 5.39. The fourth-order valence-electron chi connectivity index (χ4n) is 1.85. The third-order valence-electron chi connectivity index (χ3n) is 3.09. The molecule has 0 heterocycles. The molecule has 0 N–H and O–H groups in total. The lowest BCUT2D eigenvalue weighted by Gasteiger charge is -2.10. The first-order valence-corrected chi connectivity index (χ1v) is 7.53. The van der Waals surface area contributed by atoms with E-state index in [9.17, 15) is 4.79 Å². The van der Waals surface area contributed by atoms with Gasteiger partial charge >= 0.3 is 5.97 Å². The van der Waals surface area contributed by atoms with Crippen LogP contribution in [-0.4, -0.2) is 24.5 Å². The number of benzene rings is 2. The first-order chi connectivity index (χ1) is 10.1. The maximum Gasteiger partial charge on any atom is 0.322 e. The molecule has 21 heavy (non-hydrogen) atoms. The average molecular weight is 349 g/mol. The van der Waals surface area contributed by atoms with Gasteiger partial charge in [0.25, 0.3) is 0 Å². The molecule has 0 fully saturated rings. The van der Waals surface area contributed by atoms with Crippen molar-refractivity contribution in [3.05, 3.63) is 54.1 Å². The minimum absolute atomic E-state index is 0.233. The van der Waals surface area contributed by atoms with E-state index in [2.05, 4.69) is 51.9 Å². The molecule has 2 aromatic rings. The van der Waals surface area contributed by atoms with Gasteiger partial charge in [-0.1, -0.05) is 57.9 Å². The summed E-state index contributed by atoms with van der Waals surface area (Å²) in [6.07, 6.45) is 0. The van der Waals surface area contributed by atoms with Crippen molar-refractivity contribution < 1.29 is 14.3 Å². The second kappa shape index (κ2) is 7.27. The van der Waals surface area contributed by atoms with Crippen LogP contribution in [0, 0.1) is 6.92 Å². The van der Waals surface area contributed by atoms with Crippen molar-refractivity contribution in [2.75, 3.05) is 13.7 Å². The standard InChI is InChI=1S/C17H17BrO3/c1-12-3-5-13(6-4-12)14-7-9-15(10-8-14)21-11-16(18)17(19)20-2/h3-10,16H,11H2,1-2H3. The maximum absolute atomic E-state index is 11.3. The molecule has 0 aliphatic rings. The molecule has 2 rings (SSSR count). The number of methoxy groups -OCH3 is 1. The Bertz CT molecular complexity index is 590.